The first kappa shape index (κ1) is 19.3. The molecule has 5 rings (SSSR count). The topological polar surface area (TPSA) is 62.3 Å². The molecule has 0 spiro atoms. The summed E-state index contributed by atoms with van der Waals surface area (Å²) in [6.45, 7) is 4.83. The fraction of sp³-hybridized carbons (Fsp3) is 0.364. The maximum atomic E-state index is 14.8. The number of nitrogens with one attached hydrogen (secondary N) is 2. The van der Waals surface area contributed by atoms with Crippen LogP contribution in [0, 0.1) is 11.6 Å². The van der Waals surface area contributed by atoms with E-state index < -0.39 is 11.6 Å². The van der Waals surface area contributed by atoms with Gasteiger partial charge in [0, 0.05) is 36.3 Å². The van der Waals surface area contributed by atoms with Gasteiger partial charge in [-0.15, -0.1) is 0 Å². The van der Waals surface area contributed by atoms with Gasteiger partial charge in [-0.2, -0.15) is 0 Å². The molecule has 2 aliphatic rings. The molecule has 2 aromatic heterocycles. The second-order valence-electron chi connectivity index (χ2n) is 7.77. The van der Waals surface area contributed by atoms with Crippen molar-refractivity contribution in [3.63, 3.8) is 0 Å². The van der Waals surface area contributed by atoms with Crippen molar-refractivity contribution in [3.8, 4) is 11.1 Å². The first-order chi connectivity index (χ1) is 14.6. The minimum absolute atomic E-state index is 0.0180. The number of pyridine rings is 2. The van der Waals surface area contributed by atoms with E-state index in [1.807, 2.05) is 12.1 Å². The summed E-state index contributed by atoms with van der Waals surface area (Å²) in [5.74, 6) is -0.444. The minimum Gasteiger partial charge on any atom is -0.377 e. The largest absolute Gasteiger partial charge is 0.377 e. The maximum absolute atomic E-state index is 14.8. The number of benzene rings is 1. The van der Waals surface area contributed by atoms with E-state index in [1.165, 1.54) is 12.1 Å². The van der Waals surface area contributed by atoms with Crippen LogP contribution in [0.1, 0.15) is 25.1 Å². The number of ether oxygens (including phenoxy) is 1. The third kappa shape index (κ3) is 3.40. The van der Waals surface area contributed by atoms with Crippen molar-refractivity contribution >= 4 is 16.7 Å². The van der Waals surface area contributed by atoms with E-state index in [2.05, 4.69) is 27.7 Å². The van der Waals surface area contributed by atoms with E-state index in [0.717, 1.165) is 41.4 Å². The zero-order chi connectivity index (χ0) is 20.7. The zero-order valence-corrected chi connectivity index (χ0v) is 16.7. The van der Waals surface area contributed by atoms with Crippen molar-refractivity contribution in [2.24, 2.45) is 0 Å². The molecule has 0 bridgehead atoms. The van der Waals surface area contributed by atoms with Gasteiger partial charge in [-0.1, -0.05) is 0 Å². The van der Waals surface area contributed by atoms with Crippen molar-refractivity contribution in [2.45, 2.75) is 25.4 Å². The standard InChI is InChI=1S/C22H23F2N5O/c1-13-12-30-9-8-29(13)20-11-17(15-3-2-14(23)10-18(15)24)16-4-6-25-22(21(16)27-20)19-5-7-26-28-19/h2-4,6,10-11,13,19,26,28H,5,7-9,12H2,1H3/t13-,19?/m1/s1. The van der Waals surface area contributed by atoms with Gasteiger partial charge < -0.3 is 9.64 Å². The second kappa shape index (κ2) is 7.86. The summed E-state index contributed by atoms with van der Waals surface area (Å²) in [4.78, 5) is 11.7. The Labute approximate surface area is 173 Å². The Balaban J connectivity index is 1.75. The van der Waals surface area contributed by atoms with Gasteiger partial charge in [0.2, 0.25) is 0 Å². The van der Waals surface area contributed by atoms with Crippen LogP contribution in [0.3, 0.4) is 0 Å². The highest BCUT2D eigenvalue weighted by Gasteiger charge is 2.26. The molecule has 30 heavy (non-hydrogen) atoms. The van der Waals surface area contributed by atoms with Gasteiger partial charge in [0.15, 0.2) is 0 Å². The second-order valence-corrected chi connectivity index (χ2v) is 7.77. The van der Waals surface area contributed by atoms with Crippen LogP contribution in [-0.4, -0.2) is 42.3 Å². The number of hydrogen-bond acceptors (Lipinski definition) is 6. The molecule has 0 saturated carbocycles. The number of fused-ring (bicyclic) bond motifs is 1. The van der Waals surface area contributed by atoms with Crippen LogP contribution in [0.25, 0.3) is 22.0 Å². The van der Waals surface area contributed by atoms with Gasteiger partial charge >= 0.3 is 0 Å². The lowest BCUT2D eigenvalue weighted by Gasteiger charge is -2.34. The Bertz CT molecular complexity index is 1090. The number of hydrazine groups is 1. The molecule has 3 aromatic rings. The predicted molar refractivity (Wildman–Crippen MR) is 111 cm³/mol. The minimum atomic E-state index is -0.597. The van der Waals surface area contributed by atoms with Crippen LogP contribution in [0.5, 0.6) is 0 Å². The molecule has 1 unspecified atom stereocenters. The summed E-state index contributed by atoms with van der Waals surface area (Å²) in [5.41, 5.74) is 8.96. The van der Waals surface area contributed by atoms with E-state index in [0.29, 0.717) is 30.9 Å². The highest BCUT2D eigenvalue weighted by molar-refractivity contribution is 5.97. The molecule has 2 aliphatic heterocycles. The molecule has 2 saturated heterocycles. The van der Waals surface area contributed by atoms with Crippen molar-refractivity contribution < 1.29 is 13.5 Å². The molecule has 0 radical (unpaired) electrons. The Morgan fingerprint density at radius 3 is 2.83 bits per heavy atom. The third-order valence-corrected chi connectivity index (χ3v) is 5.79. The zero-order valence-electron chi connectivity index (χ0n) is 16.7. The number of halogens is 2. The third-order valence-electron chi connectivity index (χ3n) is 5.79. The van der Waals surface area contributed by atoms with Crippen LogP contribution in [0.4, 0.5) is 14.6 Å². The molecular formula is C22H23F2N5O. The van der Waals surface area contributed by atoms with Crippen LogP contribution < -0.4 is 15.8 Å². The van der Waals surface area contributed by atoms with Gasteiger partial charge in [0.1, 0.15) is 17.5 Å². The Morgan fingerprint density at radius 2 is 2.07 bits per heavy atom. The fourth-order valence-electron chi connectivity index (χ4n) is 4.25. The van der Waals surface area contributed by atoms with Crippen molar-refractivity contribution in [3.05, 3.63) is 53.9 Å². The lowest BCUT2D eigenvalue weighted by atomic mass is 9.98. The monoisotopic (exact) mass is 411 g/mol. The smallest absolute Gasteiger partial charge is 0.133 e. The number of morpholine rings is 1. The van der Waals surface area contributed by atoms with Crippen molar-refractivity contribution in [1.29, 1.82) is 0 Å². The molecule has 0 amide bonds. The summed E-state index contributed by atoms with van der Waals surface area (Å²) < 4.78 is 33.9. The predicted octanol–water partition coefficient (Wildman–Crippen LogP) is 3.34. The molecule has 2 fully saturated rings. The van der Waals surface area contributed by atoms with Gasteiger partial charge in [-0.25, -0.2) is 19.2 Å². The van der Waals surface area contributed by atoms with E-state index in [-0.39, 0.29) is 12.1 Å². The van der Waals surface area contributed by atoms with Crippen molar-refractivity contribution in [1.82, 2.24) is 20.8 Å². The van der Waals surface area contributed by atoms with E-state index >= 15 is 0 Å². The van der Waals surface area contributed by atoms with Gasteiger partial charge in [0.25, 0.3) is 0 Å². The summed E-state index contributed by atoms with van der Waals surface area (Å²) in [6.07, 6.45) is 2.60. The molecule has 156 valence electrons. The highest BCUT2D eigenvalue weighted by atomic mass is 19.1. The molecule has 1 aromatic carbocycles. The first-order valence-electron chi connectivity index (χ1n) is 10.2. The van der Waals surface area contributed by atoms with Crippen LogP contribution in [0.15, 0.2) is 36.5 Å². The lowest BCUT2D eigenvalue weighted by molar-refractivity contribution is 0.0986. The summed E-state index contributed by atoms with van der Waals surface area (Å²) in [7, 11) is 0. The number of rotatable bonds is 3. The Kier molecular flexibility index (Phi) is 5.06. The van der Waals surface area contributed by atoms with Gasteiger partial charge in [0.05, 0.1) is 36.5 Å². The molecule has 2 N–H and O–H groups in total. The van der Waals surface area contributed by atoms with Gasteiger partial charge in [-0.3, -0.25) is 10.4 Å². The Morgan fingerprint density at radius 1 is 1.17 bits per heavy atom. The highest BCUT2D eigenvalue weighted by Crippen LogP contribution is 2.36. The normalized spacial score (nSPS) is 22.0. The van der Waals surface area contributed by atoms with E-state index in [1.54, 1.807) is 6.20 Å². The summed E-state index contributed by atoms with van der Waals surface area (Å²) >= 11 is 0. The molecule has 2 atom stereocenters. The average molecular weight is 411 g/mol. The lowest BCUT2D eigenvalue weighted by Crippen LogP contribution is -2.44. The summed E-state index contributed by atoms with van der Waals surface area (Å²) in [6, 6.07) is 7.59. The molecule has 6 nitrogen and oxygen atoms in total. The van der Waals surface area contributed by atoms with Crippen LogP contribution in [-0.2, 0) is 4.74 Å². The number of aromatic nitrogens is 2. The van der Waals surface area contributed by atoms with Crippen LogP contribution >= 0.6 is 0 Å². The fourth-order valence-corrected chi connectivity index (χ4v) is 4.25. The van der Waals surface area contributed by atoms with E-state index in [9.17, 15) is 8.78 Å². The quantitative estimate of drug-likeness (QED) is 0.689. The van der Waals surface area contributed by atoms with Crippen LogP contribution in [0.2, 0.25) is 0 Å². The molecule has 0 aliphatic carbocycles. The number of nitrogens with zero attached hydrogens (tertiary/aromatic N) is 3. The maximum Gasteiger partial charge on any atom is 0.133 e. The molecular weight excluding hydrogens is 388 g/mol. The number of anilines is 1. The van der Waals surface area contributed by atoms with Gasteiger partial charge in [-0.05, 0) is 43.2 Å². The molecule has 8 heteroatoms. The van der Waals surface area contributed by atoms with E-state index in [4.69, 9.17) is 9.72 Å². The Hall–Kier alpha value is -2.68. The first-order valence-corrected chi connectivity index (χ1v) is 10.2. The van der Waals surface area contributed by atoms with Crippen molar-refractivity contribution in [2.75, 3.05) is 31.2 Å². The number of hydrogen-bond donors (Lipinski definition) is 2. The summed E-state index contributed by atoms with van der Waals surface area (Å²) in [5, 5.41) is 0.795. The SMILES string of the molecule is C[C@@H]1COCCN1c1cc(-c2ccc(F)cc2F)c2ccnc(C3CCNN3)c2n1. The molecule has 4 heterocycles. The average Bonchev–Trinajstić information content (AvgIpc) is 3.28.